The van der Waals surface area contributed by atoms with Crippen LogP contribution in [-0.2, 0) is 17.8 Å². The van der Waals surface area contributed by atoms with Gasteiger partial charge in [-0.15, -0.1) is 0 Å². The highest BCUT2D eigenvalue weighted by Crippen LogP contribution is 2.32. The van der Waals surface area contributed by atoms with Crippen LogP contribution in [-0.4, -0.2) is 22.5 Å². The summed E-state index contributed by atoms with van der Waals surface area (Å²) < 4.78 is 12.6. The summed E-state index contributed by atoms with van der Waals surface area (Å²) in [7, 11) is 0. The van der Waals surface area contributed by atoms with E-state index in [-0.39, 0.29) is 12.7 Å². The Kier molecular flexibility index (Phi) is 4.54. The van der Waals surface area contributed by atoms with E-state index < -0.39 is 0 Å². The van der Waals surface area contributed by atoms with E-state index in [1.54, 1.807) is 0 Å². The Balaban J connectivity index is 1.43. The number of aryl methyl sites for hydroxylation is 1. The fourth-order valence-corrected chi connectivity index (χ4v) is 3.23. The SMILES string of the molecule is Cc1nn(-c2ccccc2)c(C)c1CC(=O)NCc1ccc2c(c1)OCO2. The highest BCUT2D eigenvalue weighted by atomic mass is 16.7. The summed E-state index contributed by atoms with van der Waals surface area (Å²) in [6.07, 6.45) is 0.301. The third-order valence-corrected chi connectivity index (χ3v) is 4.71. The maximum atomic E-state index is 12.5. The number of amides is 1. The summed E-state index contributed by atoms with van der Waals surface area (Å²) in [5, 5.41) is 7.57. The third kappa shape index (κ3) is 3.51. The largest absolute Gasteiger partial charge is 0.454 e. The van der Waals surface area contributed by atoms with Gasteiger partial charge in [0.25, 0.3) is 0 Å². The van der Waals surface area contributed by atoms with Crippen molar-refractivity contribution in [1.29, 1.82) is 0 Å². The van der Waals surface area contributed by atoms with Crippen LogP contribution in [0.5, 0.6) is 11.5 Å². The van der Waals surface area contributed by atoms with Crippen molar-refractivity contribution in [2.45, 2.75) is 26.8 Å². The van der Waals surface area contributed by atoms with Gasteiger partial charge in [0.1, 0.15) is 0 Å². The number of nitrogens with one attached hydrogen (secondary N) is 1. The lowest BCUT2D eigenvalue weighted by Gasteiger charge is -2.07. The number of carbonyl (C=O) groups is 1. The molecule has 0 saturated carbocycles. The molecule has 1 aromatic heterocycles. The fourth-order valence-electron chi connectivity index (χ4n) is 3.23. The van der Waals surface area contributed by atoms with E-state index >= 15 is 0 Å². The van der Waals surface area contributed by atoms with Crippen molar-refractivity contribution >= 4 is 5.91 Å². The van der Waals surface area contributed by atoms with Gasteiger partial charge in [-0.3, -0.25) is 4.79 Å². The molecule has 4 rings (SSSR count). The van der Waals surface area contributed by atoms with Gasteiger partial charge in [-0.25, -0.2) is 4.68 Å². The van der Waals surface area contributed by atoms with Crippen LogP contribution in [0.3, 0.4) is 0 Å². The van der Waals surface area contributed by atoms with E-state index in [2.05, 4.69) is 10.4 Å². The third-order valence-electron chi connectivity index (χ3n) is 4.71. The zero-order valence-electron chi connectivity index (χ0n) is 15.4. The van der Waals surface area contributed by atoms with Crippen LogP contribution in [0.4, 0.5) is 0 Å². The number of hydrogen-bond acceptors (Lipinski definition) is 4. The minimum Gasteiger partial charge on any atom is -0.454 e. The monoisotopic (exact) mass is 363 g/mol. The van der Waals surface area contributed by atoms with Gasteiger partial charge in [0.2, 0.25) is 12.7 Å². The van der Waals surface area contributed by atoms with Crippen molar-refractivity contribution in [3.63, 3.8) is 0 Å². The first-order valence-corrected chi connectivity index (χ1v) is 8.87. The number of para-hydroxylation sites is 1. The first-order valence-electron chi connectivity index (χ1n) is 8.87. The maximum absolute atomic E-state index is 12.5. The number of nitrogens with zero attached hydrogens (tertiary/aromatic N) is 2. The van der Waals surface area contributed by atoms with E-state index in [1.165, 1.54) is 0 Å². The van der Waals surface area contributed by atoms with Crippen LogP contribution in [0.25, 0.3) is 5.69 Å². The quantitative estimate of drug-likeness (QED) is 0.757. The molecule has 1 aliphatic rings. The molecule has 3 aromatic rings. The molecule has 6 nitrogen and oxygen atoms in total. The van der Waals surface area contributed by atoms with Gasteiger partial charge in [-0.1, -0.05) is 24.3 Å². The van der Waals surface area contributed by atoms with Gasteiger partial charge in [-0.05, 0) is 43.7 Å². The smallest absolute Gasteiger partial charge is 0.231 e. The number of carbonyl (C=O) groups excluding carboxylic acids is 1. The van der Waals surface area contributed by atoms with Gasteiger partial charge in [0.05, 0.1) is 17.8 Å². The van der Waals surface area contributed by atoms with Gasteiger partial charge in [-0.2, -0.15) is 5.10 Å². The normalized spacial score (nSPS) is 12.2. The molecule has 27 heavy (non-hydrogen) atoms. The Morgan fingerprint density at radius 3 is 2.70 bits per heavy atom. The topological polar surface area (TPSA) is 65.4 Å². The van der Waals surface area contributed by atoms with Crippen LogP contribution in [0.2, 0.25) is 0 Å². The van der Waals surface area contributed by atoms with Crippen molar-refractivity contribution in [1.82, 2.24) is 15.1 Å². The predicted molar refractivity (Wildman–Crippen MR) is 101 cm³/mol. The van der Waals surface area contributed by atoms with E-state index in [9.17, 15) is 4.79 Å². The van der Waals surface area contributed by atoms with Crippen molar-refractivity contribution in [2.24, 2.45) is 0 Å². The molecule has 0 fully saturated rings. The number of hydrogen-bond donors (Lipinski definition) is 1. The first-order chi connectivity index (χ1) is 13.1. The van der Waals surface area contributed by atoms with Crippen molar-refractivity contribution in [3.8, 4) is 17.2 Å². The second kappa shape index (κ2) is 7.15. The lowest BCUT2D eigenvalue weighted by atomic mass is 10.1. The molecular weight excluding hydrogens is 342 g/mol. The molecule has 6 heteroatoms. The molecule has 0 spiro atoms. The Morgan fingerprint density at radius 1 is 1.11 bits per heavy atom. The first kappa shape index (κ1) is 17.1. The molecular formula is C21H21N3O3. The summed E-state index contributed by atoms with van der Waals surface area (Å²) in [4.78, 5) is 12.5. The molecule has 0 unspecified atom stereocenters. The summed E-state index contributed by atoms with van der Waals surface area (Å²) >= 11 is 0. The molecule has 0 aliphatic carbocycles. The Hall–Kier alpha value is -3.28. The number of rotatable bonds is 5. The summed E-state index contributed by atoms with van der Waals surface area (Å²) in [6.45, 7) is 4.62. The van der Waals surface area contributed by atoms with Crippen LogP contribution < -0.4 is 14.8 Å². The van der Waals surface area contributed by atoms with E-state index in [1.807, 2.05) is 67.1 Å². The number of benzene rings is 2. The summed E-state index contributed by atoms with van der Waals surface area (Å²) in [5.41, 5.74) is 4.78. The Morgan fingerprint density at radius 2 is 1.89 bits per heavy atom. The number of fused-ring (bicyclic) bond motifs is 1. The van der Waals surface area contributed by atoms with Gasteiger partial charge < -0.3 is 14.8 Å². The Bertz CT molecular complexity index is 980. The van der Waals surface area contributed by atoms with E-state index in [0.29, 0.717) is 13.0 Å². The van der Waals surface area contributed by atoms with Crippen molar-refractivity contribution in [3.05, 3.63) is 71.0 Å². The van der Waals surface area contributed by atoms with Gasteiger partial charge in [0, 0.05) is 17.8 Å². The lowest BCUT2D eigenvalue weighted by Crippen LogP contribution is -2.25. The van der Waals surface area contributed by atoms with Crippen LogP contribution >= 0.6 is 0 Å². The molecule has 2 heterocycles. The minimum absolute atomic E-state index is 0.0357. The summed E-state index contributed by atoms with van der Waals surface area (Å²) in [5.74, 6) is 1.42. The molecule has 1 N–H and O–H groups in total. The molecule has 0 atom stereocenters. The summed E-state index contributed by atoms with van der Waals surface area (Å²) in [6, 6.07) is 15.6. The average molecular weight is 363 g/mol. The number of aromatic nitrogens is 2. The highest BCUT2D eigenvalue weighted by Gasteiger charge is 2.17. The molecule has 1 amide bonds. The van der Waals surface area contributed by atoms with E-state index in [0.717, 1.165) is 39.7 Å². The molecule has 0 saturated heterocycles. The minimum atomic E-state index is -0.0357. The molecule has 2 aromatic carbocycles. The fraction of sp³-hybridized carbons (Fsp3) is 0.238. The van der Waals surface area contributed by atoms with Crippen LogP contribution in [0.1, 0.15) is 22.5 Å². The molecule has 1 aliphatic heterocycles. The standard InChI is InChI=1S/C21H21N3O3/c1-14-18(15(2)24(23-14)17-6-4-3-5-7-17)11-21(25)22-12-16-8-9-19-20(10-16)27-13-26-19/h3-10H,11-13H2,1-2H3,(H,22,25). The number of ether oxygens (including phenoxy) is 2. The van der Waals surface area contributed by atoms with Crippen LogP contribution in [0, 0.1) is 13.8 Å². The average Bonchev–Trinajstić information content (AvgIpc) is 3.26. The van der Waals surface area contributed by atoms with Gasteiger partial charge in [0.15, 0.2) is 11.5 Å². The molecule has 0 radical (unpaired) electrons. The van der Waals surface area contributed by atoms with Crippen molar-refractivity contribution in [2.75, 3.05) is 6.79 Å². The zero-order chi connectivity index (χ0) is 18.8. The second-order valence-electron chi connectivity index (χ2n) is 6.54. The maximum Gasteiger partial charge on any atom is 0.231 e. The zero-order valence-corrected chi connectivity index (χ0v) is 15.4. The second-order valence-corrected chi connectivity index (χ2v) is 6.54. The molecule has 138 valence electrons. The highest BCUT2D eigenvalue weighted by molar-refractivity contribution is 5.79. The molecule has 0 bridgehead atoms. The Labute approximate surface area is 157 Å². The van der Waals surface area contributed by atoms with E-state index in [4.69, 9.17) is 9.47 Å². The van der Waals surface area contributed by atoms with Gasteiger partial charge >= 0.3 is 0 Å². The lowest BCUT2D eigenvalue weighted by molar-refractivity contribution is -0.120. The predicted octanol–water partition coefficient (Wildman–Crippen LogP) is 3.08. The van der Waals surface area contributed by atoms with Crippen molar-refractivity contribution < 1.29 is 14.3 Å². The van der Waals surface area contributed by atoms with Crippen LogP contribution in [0.15, 0.2) is 48.5 Å².